The van der Waals surface area contributed by atoms with Crippen LogP contribution >= 0.6 is 15.9 Å². The summed E-state index contributed by atoms with van der Waals surface area (Å²) < 4.78 is 0.876. The highest BCUT2D eigenvalue weighted by Crippen LogP contribution is 2.15. The molecule has 0 saturated carbocycles. The van der Waals surface area contributed by atoms with Crippen molar-refractivity contribution in [1.29, 1.82) is 0 Å². The fraction of sp³-hybridized carbons (Fsp3) is 0.133. The molecule has 2 rings (SSSR count). The van der Waals surface area contributed by atoms with Crippen LogP contribution < -0.4 is 5.32 Å². The van der Waals surface area contributed by atoms with E-state index < -0.39 is 0 Å². The quantitative estimate of drug-likeness (QED) is 0.909. The molecule has 0 aliphatic carbocycles. The number of benzene rings is 2. The number of hydrogen-bond acceptors (Lipinski definition) is 2. The van der Waals surface area contributed by atoms with Crippen molar-refractivity contribution in [1.82, 2.24) is 5.32 Å². The van der Waals surface area contributed by atoms with Crippen molar-refractivity contribution in [2.24, 2.45) is 0 Å². The van der Waals surface area contributed by atoms with Gasteiger partial charge in [-0.15, -0.1) is 0 Å². The standard InChI is InChI=1S/C15H14BrNO2/c16-13-6-3-5-12(10-13)15(19)17-9-8-11-4-1-2-7-14(11)18/h1-7,10,18H,8-9H2,(H,17,19). The Bertz CT molecular complexity index is 584. The minimum absolute atomic E-state index is 0.114. The molecule has 0 saturated heterocycles. The lowest BCUT2D eigenvalue weighted by Gasteiger charge is -2.07. The topological polar surface area (TPSA) is 49.3 Å². The van der Waals surface area contributed by atoms with Gasteiger partial charge in [0.15, 0.2) is 0 Å². The van der Waals surface area contributed by atoms with Gasteiger partial charge in [0.1, 0.15) is 5.75 Å². The minimum Gasteiger partial charge on any atom is -0.508 e. The number of para-hydroxylation sites is 1. The first kappa shape index (κ1) is 13.6. The van der Waals surface area contributed by atoms with Crippen LogP contribution in [-0.2, 0) is 6.42 Å². The number of phenols is 1. The second kappa shape index (κ2) is 6.38. The third-order valence-corrected chi connectivity index (χ3v) is 3.25. The Labute approximate surface area is 120 Å². The summed E-state index contributed by atoms with van der Waals surface area (Å²) in [4.78, 5) is 11.9. The number of phenolic OH excluding ortho intramolecular Hbond substituents is 1. The average molecular weight is 320 g/mol. The maximum atomic E-state index is 11.9. The molecule has 0 spiro atoms. The van der Waals surface area contributed by atoms with Crippen LogP contribution in [0.4, 0.5) is 0 Å². The first-order valence-corrected chi connectivity index (χ1v) is 6.77. The number of carbonyl (C=O) groups is 1. The van der Waals surface area contributed by atoms with Crippen molar-refractivity contribution >= 4 is 21.8 Å². The summed E-state index contributed by atoms with van der Waals surface area (Å²) in [6.45, 7) is 0.489. The largest absolute Gasteiger partial charge is 0.508 e. The van der Waals surface area contributed by atoms with E-state index in [-0.39, 0.29) is 11.7 Å². The van der Waals surface area contributed by atoms with Crippen molar-refractivity contribution in [3.8, 4) is 5.75 Å². The molecule has 0 radical (unpaired) electrons. The van der Waals surface area contributed by atoms with Gasteiger partial charge in [-0.25, -0.2) is 0 Å². The summed E-state index contributed by atoms with van der Waals surface area (Å²) in [5.74, 6) is 0.149. The van der Waals surface area contributed by atoms with Gasteiger partial charge >= 0.3 is 0 Å². The maximum Gasteiger partial charge on any atom is 0.251 e. The van der Waals surface area contributed by atoms with Crippen molar-refractivity contribution < 1.29 is 9.90 Å². The summed E-state index contributed by atoms with van der Waals surface area (Å²) in [5, 5.41) is 12.4. The summed E-state index contributed by atoms with van der Waals surface area (Å²) in [6.07, 6.45) is 0.604. The Hall–Kier alpha value is -1.81. The molecule has 0 bridgehead atoms. The van der Waals surface area contributed by atoms with Gasteiger partial charge < -0.3 is 10.4 Å². The van der Waals surface area contributed by atoms with Crippen LogP contribution in [0, 0.1) is 0 Å². The van der Waals surface area contributed by atoms with Gasteiger partial charge in [-0.05, 0) is 36.2 Å². The van der Waals surface area contributed by atoms with Crippen molar-refractivity contribution in [3.63, 3.8) is 0 Å². The Kier molecular flexibility index (Phi) is 4.58. The Morgan fingerprint density at radius 2 is 1.95 bits per heavy atom. The molecule has 2 N–H and O–H groups in total. The maximum absolute atomic E-state index is 11.9. The number of aromatic hydroxyl groups is 1. The van der Waals surface area contributed by atoms with Gasteiger partial charge in [0.05, 0.1) is 0 Å². The minimum atomic E-state index is -0.114. The molecule has 2 aromatic carbocycles. The predicted octanol–water partition coefficient (Wildman–Crippen LogP) is 3.13. The summed E-state index contributed by atoms with van der Waals surface area (Å²) >= 11 is 3.33. The molecule has 0 heterocycles. The number of nitrogens with one attached hydrogen (secondary N) is 1. The summed E-state index contributed by atoms with van der Waals surface area (Å²) in [7, 11) is 0. The fourth-order valence-corrected chi connectivity index (χ4v) is 2.16. The lowest BCUT2D eigenvalue weighted by Crippen LogP contribution is -2.25. The first-order chi connectivity index (χ1) is 9.16. The monoisotopic (exact) mass is 319 g/mol. The van der Waals surface area contributed by atoms with E-state index in [0.29, 0.717) is 18.5 Å². The van der Waals surface area contributed by atoms with E-state index in [1.807, 2.05) is 24.3 Å². The molecule has 0 aliphatic rings. The third-order valence-electron chi connectivity index (χ3n) is 2.76. The molecular weight excluding hydrogens is 306 g/mol. The molecule has 0 fully saturated rings. The molecule has 2 aromatic rings. The van der Waals surface area contributed by atoms with Crippen LogP contribution in [0.15, 0.2) is 53.0 Å². The van der Waals surface area contributed by atoms with E-state index in [2.05, 4.69) is 21.2 Å². The zero-order valence-electron chi connectivity index (χ0n) is 10.3. The molecule has 0 aromatic heterocycles. The number of carbonyl (C=O) groups excluding carboxylic acids is 1. The number of hydrogen-bond donors (Lipinski definition) is 2. The lowest BCUT2D eigenvalue weighted by molar-refractivity contribution is 0.0954. The van der Waals surface area contributed by atoms with Gasteiger partial charge in [-0.2, -0.15) is 0 Å². The summed E-state index contributed by atoms with van der Waals surface area (Å²) in [5.41, 5.74) is 1.45. The van der Waals surface area contributed by atoms with Crippen molar-refractivity contribution in [2.45, 2.75) is 6.42 Å². The zero-order chi connectivity index (χ0) is 13.7. The zero-order valence-corrected chi connectivity index (χ0v) is 11.9. The molecular formula is C15H14BrNO2. The molecule has 1 amide bonds. The van der Waals surface area contributed by atoms with Gasteiger partial charge in [0.25, 0.3) is 5.91 Å². The molecule has 0 aliphatic heterocycles. The second-order valence-corrected chi connectivity index (χ2v) is 5.06. The van der Waals surface area contributed by atoms with E-state index in [0.717, 1.165) is 10.0 Å². The van der Waals surface area contributed by atoms with Crippen LogP contribution in [-0.4, -0.2) is 17.6 Å². The normalized spacial score (nSPS) is 10.2. The van der Waals surface area contributed by atoms with Gasteiger partial charge in [0.2, 0.25) is 0 Å². The van der Waals surface area contributed by atoms with Crippen LogP contribution in [0.25, 0.3) is 0 Å². The highest BCUT2D eigenvalue weighted by Gasteiger charge is 2.05. The number of amides is 1. The van der Waals surface area contributed by atoms with E-state index in [9.17, 15) is 9.90 Å². The lowest BCUT2D eigenvalue weighted by atomic mass is 10.1. The Morgan fingerprint density at radius 1 is 1.16 bits per heavy atom. The Balaban J connectivity index is 1.90. The third kappa shape index (κ3) is 3.83. The highest BCUT2D eigenvalue weighted by atomic mass is 79.9. The van der Waals surface area contributed by atoms with Crippen molar-refractivity contribution in [2.75, 3.05) is 6.54 Å². The number of halogens is 1. The van der Waals surface area contributed by atoms with Crippen LogP contribution in [0.1, 0.15) is 15.9 Å². The first-order valence-electron chi connectivity index (χ1n) is 5.97. The van der Waals surface area contributed by atoms with Crippen molar-refractivity contribution in [3.05, 3.63) is 64.1 Å². The second-order valence-electron chi connectivity index (χ2n) is 4.14. The van der Waals surface area contributed by atoms with E-state index in [1.165, 1.54) is 0 Å². The average Bonchev–Trinajstić information content (AvgIpc) is 2.41. The molecule has 3 nitrogen and oxygen atoms in total. The van der Waals surface area contributed by atoms with Crippen LogP contribution in [0.5, 0.6) is 5.75 Å². The molecule has 19 heavy (non-hydrogen) atoms. The molecule has 4 heteroatoms. The predicted molar refractivity (Wildman–Crippen MR) is 78.3 cm³/mol. The Morgan fingerprint density at radius 3 is 2.68 bits per heavy atom. The molecule has 98 valence electrons. The van der Waals surface area contributed by atoms with E-state index in [1.54, 1.807) is 24.3 Å². The number of rotatable bonds is 4. The van der Waals surface area contributed by atoms with Crippen LogP contribution in [0.2, 0.25) is 0 Å². The van der Waals surface area contributed by atoms with Gasteiger partial charge in [-0.1, -0.05) is 40.2 Å². The highest BCUT2D eigenvalue weighted by molar-refractivity contribution is 9.10. The SMILES string of the molecule is O=C(NCCc1ccccc1O)c1cccc(Br)c1. The van der Waals surface area contributed by atoms with Gasteiger partial charge in [-0.3, -0.25) is 4.79 Å². The smallest absolute Gasteiger partial charge is 0.251 e. The molecule has 0 unspecified atom stereocenters. The molecule has 0 atom stereocenters. The van der Waals surface area contributed by atoms with E-state index in [4.69, 9.17) is 0 Å². The van der Waals surface area contributed by atoms with E-state index >= 15 is 0 Å². The fourth-order valence-electron chi connectivity index (χ4n) is 1.76. The van der Waals surface area contributed by atoms with Crippen LogP contribution in [0.3, 0.4) is 0 Å². The summed E-state index contributed by atoms with van der Waals surface area (Å²) in [6, 6.07) is 14.4. The van der Waals surface area contributed by atoms with Gasteiger partial charge in [0, 0.05) is 16.6 Å².